The Labute approximate surface area is 113 Å². The lowest BCUT2D eigenvalue weighted by molar-refractivity contribution is -0.159. The van der Waals surface area contributed by atoms with Gasteiger partial charge in [0.2, 0.25) is 0 Å². The van der Waals surface area contributed by atoms with Crippen molar-refractivity contribution in [2.45, 2.75) is 19.1 Å². The predicted molar refractivity (Wildman–Crippen MR) is 68.3 cm³/mol. The van der Waals surface area contributed by atoms with Gasteiger partial charge in [-0.3, -0.25) is 0 Å². The summed E-state index contributed by atoms with van der Waals surface area (Å²) in [5.41, 5.74) is 0.392. The van der Waals surface area contributed by atoms with Gasteiger partial charge >= 0.3 is 5.97 Å². The molecule has 100 valence electrons. The first-order valence-electron chi connectivity index (χ1n) is 5.37. The van der Waals surface area contributed by atoms with E-state index in [-0.39, 0.29) is 6.61 Å². The summed E-state index contributed by atoms with van der Waals surface area (Å²) in [6.45, 7) is 1.77. The molecule has 0 fully saturated rings. The molecule has 1 aromatic rings. The van der Waals surface area contributed by atoms with Crippen LogP contribution >= 0.6 is 15.9 Å². The van der Waals surface area contributed by atoms with Crippen molar-refractivity contribution in [3.05, 3.63) is 28.2 Å². The molecule has 0 aliphatic carbocycles. The summed E-state index contributed by atoms with van der Waals surface area (Å²) in [7, 11) is 1.52. The van der Waals surface area contributed by atoms with Gasteiger partial charge in [0, 0.05) is 0 Å². The van der Waals surface area contributed by atoms with Gasteiger partial charge in [-0.25, -0.2) is 4.79 Å². The number of esters is 1. The number of rotatable bonds is 5. The van der Waals surface area contributed by atoms with Gasteiger partial charge in [0.05, 0.1) is 18.2 Å². The minimum atomic E-state index is -1.61. The molecular weight excluding hydrogens is 304 g/mol. The number of benzene rings is 1. The average Bonchev–Trinajstić information content (AvgIpc) is 2.37. The van der Waals surface area contributed by atoms with Crippen LogP contribution in [0.25, 0.3) is 0 Å². The Bertz CT molecular complexity index is 421. The van der Waals surface area contributed by atoms with Crippen molar-refractivity contribution in [1.82, 2.24) is 0 Å². The van der Waals surface area contributed by atoms with Crippen molar-refractivity contribution in [3.63, 3.8) is 0 Å². The van der Waals surface area contributed by atoms with Crippen LogP contribution in [-0.4, -0.2) is 36.0 Å². The van der Waals surface area contributed by atoms with Gasteiger partial charge in [0.15, 0.2) is 6.10 Å². The Morgan fingerprint density at radius 2 is 2.11 bits per heavy atom. The van der Waals surface area contributed by atoms with Crippen molar-refractivity contribution < 1.29 is 24.5 Å². The maximum Gasteiger partial charge on any atom is 0.338 e. The number of aliphatic hydroxyl groups excluding tert-OH is 2. The maximum absolute atomic E-state index is 11.3. The molecule has 2 atom stereocenters. The first-order chi connectivity index (χ1) is 8.51. The third-order valence-electron chi connectivity index (χ3n) is 2.34. The van der Waals surface area contributed by atoms with Gasteiger partial charge < -0.3 is 19.7 Å². The van der Waals surface area contributed by atoms with E-state index in [1.54, 1.807) is 25.1 Å². The van der Waals surface area contributed by atoms with Crippen LogP contribution in [0.15, 0.2) is 22.7 Å². The monoisotopic (exact) mass is 318 g/mol. The quantitative estimate of drug-likeness (QED) is 0.803. The molecule has 0 radical (unpaired) electrons. The molecule has 0 saturated heterocycles. The summed E-state index contributed by atoms with van der Waals surface area (Å²) in [6, 6.07) is 4.77. The SMILES string of the molecule is CCOC(=O)C(O)C(O)c1ccc(OC)c(Br)c1. The third-order valence-corrected chi connectivity index (χ3v) is 2.96. The van der Waals surface area contributed by atoms with Gasteiger partial charge in [-0.05, 0) is 40.5 Å². The normalized spacial score (nSPS) is 13.8. The number of carbonyl (C=O) groups excluding carboxylic acids is 1. The number of carbonyl (C=O) groups is 1. The fourth-order valence-electron chi connectivity index (χ4n) is 1.41. The molecule has 2 unspecified atom stereocenters. The van der Waals surface area contributed by atoms with E-state index in [1.807, 2.05) is 0 Å². The van der Waals surface area contributed by atoms with E-state index in [2.05, 4.69) is 20.7 Å². The fraction of sp³-hybridized carbons (Fsp3) is 0.417. The number of ether oxygens (including phenoxy) is 2. The second-order valence-electron chi connectivity index (χ2n) is 3.54. The highest BCUT2D eigenvalue weighted by Gasteiger charge is 2.27. The maximum atomic E-state index is 11.3. The third kappa shape index (κ3) is 3.44. The topological polar surface area (TPSA) is 76.0 Å². The zero-order valence-corrected chi connectivity index (χ0v) is 11.7. The van der Waals surface area contributed by atoms with Gasteiger partial charge in [0.25, 0.3) is 0 Å². The van der Waals surface area contributed by atoms with E-state index in [0.717, 1.165) is 0 Å². The molecule has 0 bridgehead atoms. The lowest BCUT2D eigenvalue weighted by Crippen LogP contribution is -2.29. The van der Waals surface area contributed by atoms with Crippen LogP contribution in [0.3, 0.4) is 0 Å². The van der Waals surface area contributed by atoms with Crippen LogP contribution in [0.2, 0.25) is 0 Å². The molecule has 0 saturated carbocycles. The highest BCUT2D eigenvalue weighted by Crippen LogP contribution is 2.29. The molecule has 0 spiro atoms. The van der Waals surface area contributed by atoms with E-state index in [9.17, 15) is 15.0 Å². The van der Waals surface area contributed by atoms with E-state index < -0.39 is 18.2 Å². The summed E-state index contributed by atoms with van der Waals surface area (Å²) in [4.78, 5) is 11.3. The van der Waals surface area contributed by atoms with Gasteiger partial charge in [-0.2, -0.15) is 0 Å². The Hall–Kier alpha value is -1.11. The van der Waals surface area contributed by atoms with Crippen LogP contribution in [-0.2, 0) is 9.53 Å². The van der Waals surface area contributed by atoms with E-state index in [1.165, 1.54) is 7.11 Å². The highest BCUT2D eigenvalue weighted by atomic mass is 79.9. The van der Waals surface area contributed by atoms with E-state index >= 15 is 0 Å². The number of methoxy groups -OCH3 is 1. The zero-order valence-electron chi connectivity index (χ0n) is 10.1. The molecule has 1 aromatic carbocycles. The lowest BCUT2D eigenvalue weighted by Gasteiger charge is -2.17. The molecular formula is C12H15BrO5. The minimum absolute atomic E-state index is 0.148. The van der Waals surface area contributed by atoms with Crippen LogP contribution < -0.4 is 4.74 Å². The molecule has 0 aliphatic rings. The molecule has 1 rings (SSSR count). The molecule has 0 amide bonds. The van der Waals surface area contributed by atoms with Crippen LogP contribution in [0, 0.1) is 0 Å². The van der Waals surface area contributed by atoms with Gasteiger partial charge in [0.1, 0.15) is 11.9 Å². The summed E-state index contributed by atoms with van der Waals surface area (Å²) in [6.07, 6.45) is -2.95. The minimum Gasteiger partial charge on any atom is -0.496 e. The van der Waals surface area contributed by atoms with Crippen molar-refractivity contribution in [2.75, 3.05) is 13.7 Å². The largest absolute Gasteiger partial charge is 0.496 e. The number of halogens is 1. The standard InChI is InChI=1S/C12H15BrO5/c1-3-18-12(16)11(15)10(14)7-4-5-9(17-2)8(13)6-7/h4-6,10-11,14-15H,3H2,1-2H3. The molecule has 5 nitrogen and oxygen atoms in total. The number of hydrogen-bond acceptors (Lipinski definition) is 5. The smallest absolute Gasteiger partial charge is 0.338 e. The lowest BCUT2D eigenvalue weighted by atomic mass is 10.0. The fourth-order valence-corrected chi connectivity index (χ4v) is 1.96. The van der Waals surface area contributed by atoms with Crippen molar-refractivity contribution >= 4 is 21.9 Å². The number of aliphatic hydroxyl groups is 2. The Kier molecular flexibility index (Phi) is 5.58. The van der Waals surface area contributed by atoms with Crippen LogP contribution in [0.5, 0.6) is 5.75 Å². The summed E-state index contributed by atoms with van der Waals surface area (Å²) in [5, 5.41) is 19.5. The van der Waals surface area contributed by atoms with E-state index in [0.29, 0.717) is 15.8 Å². The molecule has 6 heteroatoms. The molecule has 0 aromatic heterocycles. The van der Waals surface area contributed by atoms with Crippen LogP contribution in [0.1, 0.15) is 18.6 Å². The Morgan fingerprint density at radius 1 is 1.44 bits per heavy atom. The predicted octanol–water partition coefficient (Wildman–Crippen LogP) is 1.42. The summed E-state index contributed by atoms with van der Waals surface area (Å²) in [5.74, 6) is -0.256. The summed E-state index contributed by atoms with van der Waals surface area (Å²) >= 11 is 3.26. The second kappa shape index (κ2) is 6.72. The average molecular weight is 319 g/mol. The van der Waals surface area contributed by atoms with Gasteiger partial charge in [-0.15, -0.1) is 0 Å². The van der Waals surface area contributed by atoms with E-state index in [4.69, 9.17) is 4.74 Å². The molecule has 0 heterocycles. The Morgan fingerprint density at radius 3 is 2.61 bits per heavy atom. The first kappa shape index (κ1) is 14.9. The first-order valence-corrected chi connectivity index (χ1v) is 6.16. The van der Waals surface area contributed by atoms with Gasteiger partial charge in [-0.1, -0.05) is 6.07 Å². The second-order valence-corrected chi connectivity index (χ2v) is 4.39. The van der Waals surface area contributed by atoms with Crippen molar-refractivity contribution in [2.24, 2.45) is 0 Å². The molecule has 0 aliphatic heterocycles. The zero-order chi connectivity index (χ0) is 13.7. The van der Waals surface area contributed by atoms with Crippen molar-refractivity contribution in [1.29, 1.82) is 0 Å². The van der Waals surface area contributed by atoms with Crippen molar-refractivity contribution in [3.8, 4) is 5.75 Å². The molecule has 2 N–H and O–H groups in total. The van der Waals surface area contributed by atoms with Crippen LogP contribution in [0.4, 0.5) is 0 Å². The number of hydrogen-bond donors (Lipinski definition) is 2. The summed E-state index contributed by atoms with van der Waals surface area (Å²) < 4.78 is 10.3. The molecule has 18 heavy (non-hydrogen) atoms. The highest BCUT2D eigenvalue weighted by molar-refractivity contribution is 9.10. The Balaban J connectivity index is 2.86.